The first-order valence-electron chi connectivity index (χ1n) is 5.87. The highest BCUT2D eigenvalue weighted by atomic mass is 127. The first-order valence-corrected chi connectivity index (χ1v) is 6.95. The standard InChI is InChI=1S/C13H15IN2O2/c1-9-8-16(7-6-12(9)15-18)13(17)10-2-4-11(14)5-3-10/h2-5,9,18H,6-8H2,1H3/b15-12+. The number of oxime groups is 1. The number of likely N-dealkylation sites (tertiary alicyclic amines) is 1. The van der Waals surface area contributed by atoms with E-state index < -0.39 is 0 Å². The number of hydrogen-bond acceptors (Lipinski definition) is 3. The first kappa shape index (κ1) is 13.3. The Morgan fingerprint density at radius 2 is 2.11 bits per heavy atom. The van der Waals surface area contributed by atoms with Crippen LogP contribution in [0.1, 0.15) is 23.7 Å². The highest BCUT2D eigenvalue weighted by Crippen LogP contribution is 2.17. The Morgan fingerprint density at radius 3 is 2.67 bits per heavy atom. The minimum Gasteiger partial charge on any atom is -0.411 e. The van der Waals surface area contributed by atoms with Gasteiger partial charge in [-0.05, 0) is 46.9 Å². The highest BCUT2D eigenvalue weighted by Gasteiger charge is 2.26. The Kier molecular flexibility index (Phi) is 4.21. The molecule has 1 saturated heterocycles. The van der Waals surface area contributed by atoms with Gasteiger partial charge in [-0.3, -0.25) is 4.79 Å². The van der Waals surface area contributed by atoms with Crippen LogP contribution in [0.2, 0.25) is 0 Å². The molecule has 4 nitrogen and oxygen atoms in total. The van der Waals surface area contributed by atoms with Crippen molar-refractivity contribution >= 4 is 34.2 Å². The van der Waals surface area contributed by atoms with Gasteiger partial charge < -0.3 is 10.1 Å². The minimum atomic E-state index is 0.0511. The maximum atomic E-state index is 12.3. The lowest BCUT2D eigenvalue weighted by Crippen LogP contribution is -2.43. The van der Waals surface area contributed by atoms with E-state index in [2.05, 4.69) is 27.7 Å². The smallest absolute Gasteiger partial charge is 0.253 e. The number of rotatable bonds is 1. The maximum absolute atomic E-state index is 12.3. The van der Waals surface area contributed by atoms with Crippen molar-refractivity contribution in [3.05, 3.63) is 33.4 Å². The van der Waals surface area contributed by atoms with Crippen molar-refractivity contribution in [3.8, 4) is 0 Å². The fourth-order valence-corrected chi connectivity index (χ4v) is 2.49. The van der Waals surface area contributed by atoms with Gasteiger partial charge in [-0.15, -0.1) is 0 Å². The van der Waals surface area contributed by atoms with E-state index in [1.807, 2.05) is 36.1 Å². The highest BCUT2D eigenvalue weighted by molar-refractivity contribution is 14.1. The molecular formula is C13H15IN2O2. The Hall–Kier alpha value is -1.11. The van der Waals surface area contributed by atoms with Gasteiger partial charge in [0.25, 0.3) is 5.91 Å². The molecule has 1 aliphatic rings. The summed E-state index contributed by atoms with van der Waals surface area (Å²) in [4.78, 5) is 14.1. The number of carbonyl (C=O) groups is 1. The zero-order valence-electron chi connectivity index (χ0n) is 10.1. The van der Waals surface area contributed by atoms with Gasteiger partial charge in [0, 0.05) is 34.6 Å². The molecule has 1 aromatic carbocycles. The summed E-state index contributed by atoms with van der Waals surface area (Å²) in [6.45, 7) is 3.21. The van der Waals surface area contributed by atoms with Crippen molar-refractivity contribution in [1.82, 2.24) is 4.90 Å². The van der Waals surface area contributed by atoms with Crippen molar-refractivity contribution in [2.24, 2.45) is 11.1 Å². The van der Waals surface area contributed by atoms with Crippen LogP contribution < -0.4 is 0 Å². The van der Waals surface area contributed by atoms with E-state index in [0.29, 0.717) is 25.1 Å². The molecule has 1 heterocycles. The summed E-state index contributed by atoms with van der Waals surface area (Å²) in [7, 11) is 0. The van der Waals surface area contributed by atoms with Gasteiger partial charge in [0.2, 0.25) is 0 Å². The van der Waals surface area contributed by atoms with E-state index in [9.17, 15) is 4.79 Å². The van der Waals surface area contributed by atoms with Gasteiger partial charge in [-0.1, -0.05) is 12.1 Å². The molecule has 0 aliphatic carbocycles. The predicted octanol–water partition coefficient (Wildman–Crippen LogP) is 2.60. The van der Waals surface area contributed by atoms with Crippen molar-refractivity contribution in [2.75, 3.05) is 13.1 Å². The predicted molar refractivity (Wildman–Crippen MR) is 78.1 cm³/mol. The third-order valence-electron chi connectivity index (χ3n) is 3.21. The fraction of sp³-hybridized carbons (Fsp3) is 0.385. The number of carbonyl (C=O) groups excluding carboxylic acids is 1. The van der Waals surface area contributed by atoms with Crippen LogP contribution in [0.3, 0.4) is 0 Å². The Bertz CT molecular complexity index is 470. The monoisotopic (exact) mass is 358 g/mol. The van der Waals surface area contributed by atoms with Crippen LogP contribution in [0.25, 0.3) is 0 Å². The van der Waals surface area contributed by atoms with Crippen LogP contribution in [-0.4, -0.2) is 34.8 Å². The van der Waals surface area contributed by atoms with Crippen LogP contribution in [0.15, 0.2) is 29.4 Å². The zero-order chi connectivity index (χ0) is 13.1. The summed E-state index contributed by atoms with van der Waals surface area (Å²) >= 11 is 2.22. The van der Waals surface area contributed by atoms with Crippen LogP contribution in [0.5, 0.6) is 0 Å². The molecule has 96 valence electrons. The van der Waals surface area contributed by atoms with Crippen LogP contribution in [-0.2, 0) is 0 Å². The fourth-order valence-electron chi connectivity index (χ4n) is 2.13. The van der Waals surface area contributed by atoms with Gasteiger partial charge >= 0.3 is 0 Å². The number of hydrogen-bond donors (Lipinski definition) is 1. The van der Waals surface area contributed by atoms with Crippen LogP contribution in [0.4, 0.5) is 0 Å². The lowest BCUT2D eigenvalue weighted by Gasteiger charge is -2.31. The minimum absolute atomic E-state index is 0.0511. The molecule has 5 heteroatoms. The molecule has 0 radical (unpaired) electrons. The summed E-state index contributed by atoms with van der Waals surface area (Å²) in [6, 6.07) is 7.57. The Balaban J connectivity index is 2.09. The normalized spacial score (nSPS) is 22.2. The molecular weight excluding hydrogens is 343 g/mol. The summed E-state index contributed by atoms with van der Waals surface area (Å²) in [5.41, 5.74) is 1.49. The molecule has 0 saturated carbocycles. The zero-order valence-corrected chi connectivity index (χ0v) is 12.3. The summed E-state index contributed by atoms with van der Waals surface area (Å²) in [5.74, 6) is 0.173. The Morgan fingerprint density at radius 1 is 1.44 bits per heavy atom. The molecule has 2 rings (SSSR count). The molecule has 0 bridgehead atoms. The first-order chi connectivity index (χ1) is 8.61. The maximum Gasteiger partial charge on any atom is 0.253 e. The SMILES string of the molecule is CC1CN(C(=O)c2ccc(I)cc2)CC/C1=N\O. The van der Waals surface area contributed by atoms with E-state index in [1.165, 1.54) is 0 Å². The molecule has 1 fully saturated rings. The number of benzene rings is 1. The topological polar surface area (TPSA) is 52.9 Å². The molecule has 1 atom stereocenters. The number of nitrogens with zero attached hydrogens (tertiary/aromatic N) is 2. The van der Waals surface area contributed by atoms with Gasteiger partial charge in [0.1, 0.15) is 0 Å². The molecule has 1 amide bonds. The van der Waals surface area contributed by atoms with Crippen molar-refractivity contribution in [2.45, 2.75) is 13.3 Å². The third-order valence-corrected chi connectivity index (χ3v) is 3.93. The number of piperidine rings is 1. The van der Waals surface area contributed by atoms with E-state index >= 15 is 0 Å². The molecule has 18 heavy (non-hydrogen) atoms. The van der Waals surface area contributed by atoms with E-state index in [4.69, 9.17) is 5.21 Å². The second-order valence-corrected chi connectivity index (χ2v) is 5.75. The van der Waals surface area contributed by atoms with E-state index in [-0.39, 0.29) is 11.8 Å². The molecule has 0 aromatic heterocycles. The Labute approximate surface area is 120 Å². The third kappa shape index (κ3) is 2.82. The van der Waals surface area contributed by atoms with E-state index in [1.54, 1.807) is 0 Å². The van der Waals surface area contributed by atoms with Crippen LogP contribution >= 0.6 is 22.6 Å². The van der Waals surface area contributed by atoms with Gasteiger partial charge in [-0.2, -0.15) is 0 Å². The quantitative estimate of drug-likeness (QED) is 0.477. The van der Waals surface area contributed by atoms with Gasteiger partial charge in [0.05, 0.1) is 5.71 Å². The second-order valence-electron chi connectivity index (χ2n) is 4.50. The van der Waals surface area contributed by atoms with Crippen LogP contribution in [0, 0.1) is 9.49 Å². The van der Waals surface area contributed by atoms with Crippen molar-refractivity contribution in [3.63, 3.8) is 0 Å². The largest absolute Gasteiger partial charge is 0.411 e. The lowest BCUT2D eigenvalue weighted by atomic mass is 9.97. The molecule has 1 aliphatic heterocycles. The molecule has 1 aromatic rings. The van der Waals surface area contributed by atoms with Gasteiger partial charge in [0.15, 0.2) is 0 Å². The second kappa shape index (κ2) is 5.69. The number of halogens is 1. The molecule has 1 unspecified atom stereocenters. The molecule has 0 spiro atoms. The van der Waals surface area contributed by atoms with Crippen molar-refractivity contribution in [1.29, 1.82) is 0 Å². The number of amides is 1. The van der Waals surface area contributed by atoms with E-state index in [0.717, 1.165) is 9.28 Å². The summed E-state index contributed by atoms with van der Waals surface area (Å²) in [5, 5.41) is 12.1. The van der Waals surface area contributed by atoms with Crippen molar-refractivity contribution < 1.29 is 10.0 Å². The average Bonchev–Trinajstić information content (AvgIpc) is 2.38. The average molecular weight is 358 g/mol. The lowest BCUT2D eigenvalue weighted by molar-refractivity contribution is 0.0734. The van der Waals surface area contributed by atoms with Gasteiger partial charge in [-0.25, -0.2) is 0 Å². The summed E-state index contributed by atoms with van der Waals surface area (Å²) < 4.78 is 1.12. The molecule has 1 N–H and O–H groups in total. The summed E-state index contributed by atoms with van der Waals surface area (Å²) in [6.07, 6.45) is 0.647.